The molecule has 3 aliphatic carbocycles. The van der Waals surface area contributed by atoms with Gasteiger partial charge in [0.1, 0.15) is 17.8 Å². The first kappa shape index (κ1) is 26.8. The molecule has 4 heterocycles. The van der Waals surface area contributed by atoms with Gasteiger partial charge in [0.15, 0.2) is 0 Å². The first-order valence-electron chi connectivity index (χ1n) is 15.3. The maximum Gasteiger partial charge on any atom is 0.482 e. The zero-order valence-electron chi connectivity index (χ0n) is 24.5. The normalized spacial score (nSPS) is 32.9. The number of ether oxygens (including phenoxy) is 3. The van der Waals surface area contributed by atoms with Crippen LogP contribution in [0.25, 0.3) is 11.0 Å². The van der Waals surface area contributed by atoms with Gasteiger partial charge in [-0.15, -0.1) is 0 Å². The van der Waals surface area contributed by atoms with E-state index in [2.05, 4.69) is 32.2 Å². The number of nitrogens with one attached hydrogen (secondary N) is 1. The molecule has 2 aromatic carbocycles. The zero-order valence-corrected chi connectivity index (χ0v) is 24.5. The summed E-state index contributed by atoms with van der Waals surface area (Å²) in [4.78, 5) is 13.4. The smallest absolute Gasteiger partial charge is 0.464 e. The van der Waals surface area contributed by atoms with Crippen molar-refractivity contribution in [3.63, 3.8) is 0 Å². The number of para-hydroxylation sites is 1. The molecule has 1 amide bonds. The van der Waals surface area contributed by atoms with E-state index < -0.39 is 19.2 Å². The molecule has 3 aliphatic heterocycles. The molecule has 3 aromatic rings. The van der Waals surface area contributed by atoms with E-state index in [1.54, 1.807) is 6.26 Å². The van der Waals surface area contributed by atoms with Gasteiger partial charge in [-0.3, -0.25) is 0 Å². The Hall–Kier alpha value is -2.85. The Morgan fingerprint density at radius 1 is 1.12 bits per heavy atom. The minimum atomic E-state index is -0.590. The molecule has 9 rings (SSSR count). The minimum absolute atomic E-state index is 0.0134. The molecule has 2 saturated heterocycles. The van der Waals surface area contributed by atoms with E-state index in [0.29, 0.717) is 38.1 Å². The van der Waals surface area contributed by atoms with Crippen molar-refractivity contribution in [1.29, 1.82) is 0 Å². The number of carbonyl (C=O) groups is 1. The van der Waals surface area contributed by atoms with Gasteiger partial charge in [0.25, 0.3) is 0 Å². The molecule has 1 N–H and O–H groups in total. The Balaban J connectivity index is 1.02. The Morgan fingerprint density at radius 2 is 2.00 bits per heavy atom. The van der Waals surface area contributed by atoms with Gasteiger partial charge in [-0.2, -0.15) is 0 Å². The van der Waals surface area contributed by atoms with Gasteiger partial charge in [0.05, 0.1) is 37.1 Å². The Kier molecular flexibility index (Phi) is 6.10. The van der Waals surface area contributed by atoms with Crippen LogP contribution in [0.2, 0.25) is 0 Å². The number of carbonyl (C=O) groups excluding carboxylic acids is 1. The molecule has 6 atom stereocenters. The fraction of sp³-hybridized carbons (Fsp3) is 0.545. The van der Waals surface area contributed by atoms with Crippen molar-refractivity contribution in [3.05, 3.63) is 71.0 Å². The SMILES string of the molecule is CC1(C)[C@@H]2C[C@H]3OB([C@H](Cc4coc5ccccc45)NC(=O)OCc4cccc5c4COC54CCOC4)O[C@@]3(C)[C@H]1C2. The van der Waals surface area contributed by atoms with Crippen LogP contribution in [0, 0.1) is 17.3 Å². The van der Waals surface area contributed by atoms with Crippen molar-refractivity contribution in [3.8, 4) is 0 Å². The van der Waals surface area contributed by atoms with Gasteiger partial charge in [-0.05, 0) is 71.8 Å². The summed E-state index contributed by atoms with van der Waals surface area (Å²) >= 11 is 0. The second-order valence-electron chi connectivity index (χ2n) is 13.7. The minimum Gasteiger partial charge on any atom is -0.464 e. The van der Waals surface area contributed by atoms with Crippen LogP contribution in [0.5, 0.6) is 0 Å². The number of furan rings is 1. The number of hydrogen-bond acceptors (Lipinski definition) is 7. The van der Waals surface area contributed by atoms with Crippen molar-refractivity contribution in [2.24, 2.45) is 17.3 Å². The lowest BCUT2D eigenvalue weighted by Crippen LogP contribution is -2.65. The number of fused-ring (bicyclic) bond motifs is 3. The molecule has 220 valence electrons. The van der Waals surface area contributed by atoms with E-state index in [9.17, 15) is 4.79 Å². The monoisotopic (exact) mass is 571 g/mol. The van der Waals surface area contributed by atoms with Crippen molar-refractivity contribution < 1.29 is 32.7 Å². The van der Waals surface area contributed by atoms with E-state index in [1.807, 2.05) is 36.4 Å². The fourth-order valence-corrected chi connectivity index (χ4v) is 8.58. The van der Waals surface area contributed by atoms with Crippen LogP contribution in [0.1, 0.15) is 62.3 Å². The van der Waals surface area contributed by atoms with E-state index >= 15 is 0 Å². The molecule has 8 nitrogen and oxygen atoms in total. The first-order valence-corrected chi connectivity index (χ1v) is 15.3. The Morgan fingerprint density at radius 3 is 2.83 bits per heavy atom. The number of benzene rings is 2. The van der Waals surface area contributed by atoms with Gasteiger partial charge < -0.3 is 33.3 Å². The lowest BCUT2D eigenvalue weighted by Gasteiger charge is -2.64. The Bertz CT molecular complexity index is 1530. The van der Waals surface area contributed by atoms with Gasteiger partial charge >= 0.3 is 13.2 Å². The van der Waals surface area contributed by atoms with Gasteiger partial charge in [0.2, 0.25) is 0 Å². The van der Waals surface area contributed by atoms with Crippen LogP contribution in [-0.4, -0.2) is 44.1 Å². The summed E-state index contributed by atoms with van der Waals surface area (Å²) in [6.45, 7) is 8.81. The number of hydrogen-bond donors (Lipinski definition) is 1. The van der Waals surface area contributed by atoms with Gasteiger partial charge in [0, 0.05) is 18.4 Å². The summed E-state index contributed by atoms with van der Waals surface area (Å²) in [5.41, 5.74) is 4.49. The molecule has 6 aliphatic rings. The van der Waals surface area contributed by atoms with Crippen LogP contribution in [0.15, 0.2) is 53.1 Å². The molecule has 1 aromatic heterocycles. The molecule has 2 bridgehead atoms. The predicted molar refractivity (Wildman–Crippen MR) is 155 cm³/mol. The summed E-state index contributed by atoms with van der Waals surface area (Å²) in [7, 11) is -0.590. The van der Waals surface area contributed by atoms with Crippen LogP contribution in [0.4, 0.5) is 4.79 Å². The van der Waals surface area contributed by atoms with Crippen LogP contribution < -0.4 is 5.32 Å². The quantitative estimate of drug-likeness (QED) is 0.381. The third kappa shape index (κ3) is 4.00. The molecule has 1 unspecified atom stereocenters. The molecule has 3 saturated carbocycles. The number of amides is 1. The summed E-state index contributed by atoms with van der Waals surface area (Å²) in [6.07, 6.45) is 4.77. The molecule has 42 heavy (non-hydrogen) atoms. The standard InChI is InChI=1S/C33H38BNO7/c1-31(2)22-14-27(31)32(3)28(15-22)41-34(42-32)29(13-21-17-38-26-10-5-4-8-23(21)26)35-30(36)39-16-20-7-6-9-25-24(20)18-40-33(25)11-12-37-19-33/h4-10,17,22,27-29H,11-16,18-19H2,1-3H3,(H,35,36)/t22-,27-,28+,29-,32-,33?/m0/s1. The first-order chi connectivity index (χ1) is 20.3. The average Bonchev–Trinajstić information content (AvgIpc) is 3.77. The maximum atomic E-state index is 13.4. The molecule has 9 heteroatoms. The van der Waals surface area contributed by atoms with Crippen LogP contribution in [-0.2, 0) is 48.8 Å². The highest BCUT2D eigenvalue weighted by atomic mass is 16.7. The highest BCUT2D eigenvalue weighted by Crippen LogP contribution is 2.65. The highest BCUT2D eigenvalue weighted by molar-refractivity contribution is 6.48. The molecular formula is C33H38BNO7. The second-order valence-corrected chi connectivity index (χ2v) is 13.7. The highest BCUT2D eigenvalue weighted by Gasteiger charge is 2.68. The van der Waals surface area contributed by atoms with Crippen molar-refractivity contribution in [2.45, 2.75) is 82.9 Å². The van der Waals surface area contributed by atoms with E-state index in [-0.39, 0.29) is 29.3 Å². The van der Waals surface area contributed by atoms with Crippen molar-refractivity contribution >= 4 is 24.2 Å². The van der Waals surface area contributed by atoms with Crippen molar-refractivity contribution in [1.82, 2.24) is 5.32 Å². The predicted octanol–water partition coefficient (Wildman–Crippen LogP) is 5.68. The molecule has 0 radical (unpaired) electrons. The van der Waals surface area contributed by atoms with E-state index in [0.717, 1.165) is 46.1 Å². The largest absolute Gasteiger partial charge is 0.482 e. The third-order valence-electron chi connectivity index (χ3n) is 11.2. The van der Waals surface area contributed by atoms with Crippen molar-refractivity contribution in [2.75, 3.05) is 13.2 Å². The fourth-order valence-electron chi connectivity index (χ4n) is 8.58. The lowest BCUT2D eigenvalue weighted by molar-refractivity contribution is -0.199. The topological polar surface area (TPSA) is 88.4 Å². The third-order valence-corrected chi connectivity index (χ3v) is 11.2. The number of alkyl carbamates (subject to hydrolysis) is 1. The van der Waals surface area contributed by atoms with E-state index in [4.69, 9.17) is 27.9 Å². The zero-order chi connectivity index (χ0) is 28.7. The maximum absolute atomic E-state index is 13.4. The Labute approximate surface area is 246 Å². The molecular weight excluding hydrogens is 533 g/mol. The van der Waals surface area contributed by atoms with Gasteiger partial charge in [-0.25, -0.2) is 4.79 Å². The second kappa shape index (κ2) is 9.58. The molecule has 5 fully saturated rings. The average molecular weight is 571 g/mol. The summed E-state index contributed by atoms with van der Waals surface area (Å²) < 4.78 is 36.9. The van der Waals surface area contributed by atoms with Gasteiger partial charge in [-0.1, -0.05) is 50.2 Å². The van der Waals surface area contributed by atoms with Crippen LogP contribution in [0.3, 0.4) is 0 Å². The van der Waals surface area contributed by atoms with Crippen LogP contribution >= 0.6 is 0 Å². The summed E-state index contributed by atoms with van der Waals surface area (Å²) in [5.74, 6) is 0.616. The molecule has 1 spiro atoms. The lowest BCUT2D eigenvalue weighted by atomic mass is 9.43. The summed E-state index contributed by atoms with van der Waals surface area (Å²) in [5, 5.41) is 4.14. The summed E-state index contributed by atoms with van der Waals surface area (Å²) in [6, 6.07) is 14.1. The van der Waals surface area contributed by atoms with E-state index in [1.165, 1.54) is 6.42 Å². The number of rotatable bonds is 6.